The summed E-state index contributed by atoms with van der Waals surface area (Å²) < 4.78 is 0. The van der Waals surface area contributed by atoms with Crippen LogP contribution in [0.3, 0.4) is 0 Å². The molecule has 3 N–H and O–H groups in total. The van der Waals surface area contributed by atoms with E-state index in [9.17, 15) is 4.79 Å². The summed E-state index contributed by atoms with van der Waals surface area (Å²) in [6, 6.07) is 0. The third kappa shape index (κ3) is 1.87. The van der Waals surface area contributed by atoms with Crippen LogP contribution in [0.4, 0.5) is 0 Å². The molecule has 0 radical (unpaired) electrons. The van der Waals surface area contributed by atoms with Gasteiger partial charge in [0, 0.05) is 5.54 Å². The van der Waals surface area contributed by atoms with Crippen molar-refractivity contribution in [2.45, 2.75) is 51.0 Å². The van der Waals surface area contributed by atoms with Crippen LogP contribution in [0.1, 0.15) is 45.4 Å². The fraction of sp³-hybridized carbons (Fsp3) is 0.818. The Morgan fingerprint density at radius 2 is 1.80 bits per heavy atom. The Labute approximate surface area is 95.8 Å². The van der Waals surface area contributed by atoms with Gasteiger partial charge in [0.05, 0.1) is 10.4 Å². The molecular formula is C11H18N2OS. The van der Waals surface area contributed by atoms with Crippen molar-refractivity contribution < 1.29 is 4.79 Å². The van der Waals surface area contributed by atoms with E-state index in [0.29, 0.717) is 4.99 Å². The summed E-state index contributed by atoms with van der Waals surface area (Å²) in [5, 5.41) is 3.13. The SMILES string of the molecule is CC1(NC(=O)C2(C(N)=S)CC2)CCCC1. The van der Waals surface area contributed by atoms with Crippen LogP contribution in [-0.4, -0.2) is 16.4 Å². The van der Waals surface area contributed by atoms with Gasteiger partial charge in [0.1, 0.15) is 0 Å². The van der Waals surface area contributed by atoms with Crippen LogP contribution in [0, 0.1) is 5.41 Å². The van der Waals surface area contributed by atoms with Crippen LogP contribution in [0.5, 0.6) is 0 Å². The lowest BCUT2D eigenvalue weighted by molar-refractivity contribution is -0.125. The van der Waals surface area contributed by atoms with Crippen molar-refractivity contribution in [3.8, 4) is 0 Å². The summed E-state index contributed by atoms with van der Waals surface area (Å²) in [6.45, 7) is 2.12. The smallest absolute Gasteiger partial charge is 0.233 e. The standard InChI is InChI=1S/C11H18N2OS/c1-10(4-2-3-5-10)13-9(14)11(6-7-11)8(12)15/h2-7H2,1H3,(H2,12,15)(H,13,14). The molecule has 2 aliphatic carbocycles. The van der Waals surface area contributed by atoms with Crippen LogP contribution >= 0.6 is 12.2 Å². The minimum Gasteiger partial charge on any atom is -0.392 e. The Hall–Kier alpha value is -0.640. The predicted molar refractivity (Wildman–Crippen MR) is 63.5 cm³/mol. The molecule has 15 heavy (non-hydrogen) atoms. The van der Waals surface area contributed by atoms with Crippen LogP contribution in [-0.2, 0) is 4.79 Å². The maximum Gasteiger partial charge on any atom is 0.233 e. The largest absolute Gasteiger partial charge is 0.392 e. The first-order valence-electron chi connectivity index (χ1n) is 5.61. The molecule has 0 aromatic heterocycles. The minimum absolute atomic E-state index is 0.0164. The van der Waals surface area contributed by atoms with Crippen LogP contribution < -0.4 is 11.1 Å². The third-order valence-electron chi connectivity index (χ3n) is 3.78. The number of thiocarbonyl (C=S) groups is 1. The van der Waals surface area contributed by atoms with Gasteiger partial charge in [-0.3, -0.25) is 4.79 Å². The summed E-state index contributed by atoms with van der Waals surface area (Å²) in [6.07, 6.45) is 6.21. The van der Waals surface area contributed by atoms with Gasteiger partial charge in [-0.2, -0.15) is 0 Å². The molecule has 2 fully saturated rings. The molecule has 0 saturated heterocycles. The number of rotatable bonds is 3. The van der Waals surface area contributed by atoms with Gasteiger partial charge in [0.2, 0.25) is 5.91 Å². The zero-order valence-electron chi connectivity index (χ0n) is 9.14. The third-order valence-corrected chi connectivity index (χ3v) is 4.17. The Bertz CT molecular complexity index is 304. The van der Waals surface area contributed by atoms with Gasteiger partial charge < -0.3 is 11.1 Å². The van der Waals surface area contributed by atoms with Crippen molar-refractivity contribution >= 4 is 23.1 Å². The second-order valence-corrected chi connectivity index (χ2v) is 5.61. The first-order chi connectivity index (χ1) is 6.99. The molecule has 0 atom stereocenters. The summed E-state index contributed by atoms with van der Waals surface area (Å²) in [5.41, 5.74) is 5.11. The van der Waals surface area contributed by atoms with E-state index in [4.69, 9.17) is 18.0 Å². The molecule has 1 amide bonds. The molecule has 0 aromatic carbocycles. The molecule has 2 aliphatic rings. The molecule has 0 aromatic rings. The quantitative estimate of drug-likeness (QED) is 0.717. The Morgan fingerprint density at radius 3 is 2.20 bits per heavy atom. The molecule has 2 saturated carbocycles. The maximum absolute atomic E-state index is 12.1. The Balaban J connectivity index is 2.01. The minimum atomic E-state index is -0.499. The first kappa shape index (κ1) is 10.9. The highest BCUT2D eigenvalue weighted by molar-refractivity contribution is 7.80. The average Bonchev–Trinajstić information content (AvgIpc) is 2.86. The number of amides is 1. The molecule has 0 aliphatic heterocycles. The summed E-state index contributed by atoms with van der Waals surface area (Å²) >= 11 is 4.96. The second kappa shape index (κ2) is 3.44. The van der Waals surface area contributed by atoms with E-state index in [-0.39, 0.29) is 11.4 Å². The number of hydrogen-bond donors (Lipinski definition) is 2. The first-order valence-corrected chi connectivity index (χ1v) is 6.02. The zero-order valence-corrected chi connectivity index (χ0v) is 9.95. The van der Waals surface area contributed by atoms with Gasteiger partial charge in [-0.05, 0) is 32.6 Å². The lowest BCUT2D eigenvalue weighted by Gasteiger charge is -2.27. The van der Waals surface area contributed by atoms with E-state index in [1.807, 2.05) is 0 Å². The lowest BCUT2D eigenvalue weighted by atomic mass is 9.97. The van der Waals surface area contributed by atoms with Gasteiger partial charge in [-0.25, -0.2) is 0 Å². The van der Waals surface area contributed by atoms with Crippen molar-refractivity contribution in [2.24, 2.45) is 11.1 Å². The van der Waals surface area contributed by atoms with E-state index in [1.54, 1.807) is 0 Å². The van der Waals surface area contributed by atoms with Gasteiger partial charge in [-0.15, -0.1) is 0 Å². The molecule has 3 nitrogen and oxygen atoms in total. The van der Waals surface area contributed by atoms with Gasteiger partial charge in [0.15, 0.2) is 0 Å². The fourth-order valence-electron chi connectivity index (χ4n) is 2.38. The van der Waals surface area contributed by atoms with Crippen molar-refractivity contribution in [2.75, 3.05) is 0 Å². The molecule has 4 heteroatoms. The molecule has 0 unspecified atom stereocenters. The van der Waals surface area contributed by atoms with E-state index < -0.39 is 5.41 Å². The molecule has 0 spiro atoms. The topological polar surface area (TPSA) is 55.1 Å². The molecular weight excluding hydrogens is 208 g/mol. The van der Waals surface area contributed by atoms with Crippen LogP contribution in [0.2, 0.25) is 0 Å². The Kier molecular flexibility index (Phi) is 2.49. The molecule has 84 valence electrons. The van der Waals surface area contributed by atoms with Crippen molar-refractivity contribution in [3.63, 3.8) is 0 Å². The number of carbonyl (C=O) groups excluding carboxylic acids is 1. The van der Waals surface area contributed by atoms with E-state index in [0.717, 1.165) is 25.7 Å². The maximum atomic E-state index is 12.1. The number of nitrogens with one attached hydrogen (secondary N) is 1. The summed E-state index contributed by atoms with van der Waals surface area (Å²) in [7, 11) is 0. The zero-order chi connectivity index (χ0) is 11.1. The number of carbonyl (C=O) groups is 1. The normalized spacial score (nSPS) is 25.9. The van der Waals surface area contributed by atoms with E-state index >= 15 is 0 Å². The molecule has 0 heterocycles. The Morgan fingerprint density at radius 1 is 1.27 bits per heavy atom. The highest BCUT2D eigenvalue weighted by Gasteiger charge is 2.54. The van der Waals surface area contributed by atoms with Gasteiger partial charge in [0.25, 0.3) is 0 Å². The molecule has 2 rings (SSSR count). The van der Waals surface area contributed by atoms with Gasteiger partial charge >= 0.3 is 0 Å². The highest BCUT2D eigenvalue weighted by Crippen LogP contribution is 2.47. The number of hydrogen-bond acceptors (Lipinski definition) is 2. The van der Waals surface area contributed by atoms with Gasteiger partial charge in [-0.1, -0.05) is 25.1 Å². The van der Waals surface area contributed by atoms with Crippen molar-refractivity contribution in [1.82, 2.24) is 5.32 Å². The van der Waals surface area contributed by atoms with E-state index in [1.165, 1.54) is 12.8 Å². The monoisotopic (exact) mass is 226 g/mol. The van der Waals surface area contributed by atoms with Crippen LogP contribution in [0.25, 0.3) is 0 Å². The predicted octanol–water partition coefficient (Wildman–Crippen LogP) is 1.50. The van der Waals surface area contributed by atoms with Crippen LogP contribution in [0.15, 0.2) is 0 Å². The average molecular weight is 226 g/mol. The lowest BCUT2D eigenvalue weighted by Crippen LogP contribution is -2.49. The second-order valence-electron chi connectivity index (χ2n) is 5.17. The summed E-state index contributed by atoms with van der Waals surface area (Å²) in [4.78, 5) is 12.4. The summed E-state index contributed by atoms with van der Waals surface area (Å²) in [5.74, 6) is 0.0550. The molecule has 0 bridgehead atoms. The van der Waals surface area contributed by atoms with E-state index in [2.05, 4.69) is 12.2 Å². The fourth-order valence-corrected chi connectivity index (χ4v) is 2.68. The highest BCUT2D eigenvalue weighted by atomic mass is 32.1. The van der Waals surface area contributed by atoms with Crippen molar-refractivity contribution in [3.05, 3.63) is 0 Å². The van der Waals surface area contributed by atoms with Crippen molar-refractivity contribution in [1.29, 1.82) is 0 Å². The number of nitrogens with two attached hydrogens (primary N) is 1.